The molecule has 0 saturated carbocycles. The predicted molar refractivity (Wildman–Crippen MR) is 33.4 cm³/mol. The molecule has 8 heavy (non-hydrogen) atoms. The minimum Gasteiger partial charge on any atom is -0.385 e. The lowest BCUT2D eigenvalue weighted by Gasteiger charge is -1.90. The molecule has 1 nitrogen and oxygen atoms in total. The summed E-state index contributed by atoms with van der Waals surface area (Å²) >= 11 is 0. The average molecular weight is 107 g/mol. The van der Waals surface area contributed by atoms with Gasteiger partial charge in [0, 0.05) is 12.2 Å². The second-order valence-electron chi connectivity index (χ2n) is 2.30. The fourth-order valence-corrected chi connectivity index (χ4v) is 1.32. The summed E-state index contributed by atoms with van der Waals surface area (Å²) in [5.74, 6) is 0. The van der Waals surface area contributed by atoms with Gasteiger partial charge in [0.05, 0.1) is 0 Å². The lowest BCUT2D eigenvalue weighted by molar-refractivity contribution is 0.875. The van der Waals surface area contributed by atoms with E-state index in [-0.39, 0.29) is 0 Å². The van der Waals surface area contributed by atoms with E-state index in [0.29, 0.717) is 0 Å². The molecule has 1 aliphatic heterocycles. The predicted octanol–water partition coefficient (Wildman–Crippen LogP) is 1.19. The Morgan fingerprint density at radius 3 is 3.38 bits per heavy atom. The van der Waals surface area contributed by atoms with E-state index >= 15 is 0 Å². The van der Waals surface area contributed by atoms with Gasteiger partial charge in [-0.1, -0.05) is 6.08 Å². The van der Waals surface area contributed by atoms with Gasteiger partial charge in [-0.2, -0.15) is 0 Å². The number of hydrogen-bond acceptors (Lipinski definition) is 1. The summed E-state index contributed by atoms with van der Waals surface area (Å²) in [6.45, 7) is 1.16. The van der Waals surface area contributed by atoms with Gasteiger partial charge in [0.2, 0.25) is 0 Å². The highest BCUT2D eigenvalue weighted by Crippen LogP contribution is 2.23. The van der Waals surface area contributed by atoms with Crippen molar-refractivity contribution in [3.63, 3.8) is 0 Å². The molecule has 0 aromatic carbocycles. The van der Waals surface area contributed by atoms with Gasteiger partial charge in [-0.15, -0.1) is 0 Å². The summed E-state index contributed by atoms with van der Waals surface area (Å²) in [5, 5.41) is 3.31. The first kappa shape index (κ1) is 4.19. The number of allylic oxidation sites excluding steroid dienone is 2. The van der Waals surface area contributed by atoms with Crippen LogP contribution < -0.4 is 5.32 Å². The third-order valence-corrected chi connectivity index (χ3v) is 1.77. The molecule has 0 spiro atoms. The Kier molecular flexibility index (Phi) is 0.720. The van der Waals surface area contributed by atoms with Crippen molar-refractivity contribution in [1.82, 2.24) is 5.32 Å². The molecular weight excluding hydrogens is 98.1 g/mol. The van der Waals surface area contributed by atoms with Gasteiger partial charge in [-0.3, -0.25) is 0 Å². The first-order valence-corrected chi connectivity index (χ1v) is 3.09. The van der Waals surface area contributed by atoms with Crippen LogP contribution in [0.4, 0.5) is 0 Å². The Morgan fingerprint density at radius 1 is 1.50 bits per heavy atom. The molecule has 1 heteroatoms. The molecule has 0 aromatic heterocycles. The van der Waals surface area contributed by atoms with Crippen molar-refractivity contribution in [3.05, 3.63) is 23.4 Å². The van der Waals surface area contributed by atoms with Crippen LogP contribution in [0.5, 0.6) is 0 Å². The highest BCUT2D eigenvalue weighted by atomic mass is 14.9. The van der Waals surface area contributed by atoms with Crippen LogP contribution in [0, 0.1) is 0 Å². The number of rotatable bonds is 0. The van der Waals surface area contributed by atoms with Gasteiger partial charge in [0.15, 0.2) is 0 Å². The van der Waals surface area contributed by atoms with Crippen molar-refractivity contribution in [2.24, 2.45) is 0 Å². The smallest absolute Gasteiger partial charge is 0.0332 e. The van der Waals surface area contributed by atoms with Crippen LogP contribution in [0.1, 0.15) is 12.8 Å². The van der Waals surface area contributed by atoms with E-state index in [4.69, 9.17) is 0 Å². The first-order chi connectivity index (χ1) is 3.97. The number of nitrogens with one attached hydrogen (secondary N) is 1. The van der Waals surface area contributed by atoms with E-state index < -0.39 is 0 Å². The minimum absolute atomic E-state index is 1.16. The minimum atomic E-state index is 1.16. The van der Waals surface area contributed by atoms with Crippen molar-refractivity contribution >= 4 is 0 Å². The van der Waals surface area contributed by atoms with Crippen molar-refractivity contribution in [3.8, 4) is 0 Å². The molecule has 2 aliphatic rings. The van der Waals surface area contributed by atoms with Gasteiger partial charge >= 0.3 is 0 Å². The van der Waals surface area contributed by atoms with Crippen molar-refractivity contribution < 1.29 is 0 Å². The van der Waals surface area contributed by atoms with Gasteiger partial charge in [0.25, 0.3) is 0 Å². The molecule has 0 fully saturated rings. The second-order valence-corrected chi connectivity index (χ2v) is 2.30. The quantitative estimate of drug-likeness (QED) is 0.490. The molecule has 1 heterocycles. The summed E-state index contributed by atoms with van der Waals surface area (Å²) in [5.41, 5.74) is 3.00. The lowest BCUT2D eigenvalue weighted by Crippen LogP contribution is -2.04. The summed E-state index contributed by atoms with van der Waals surface area (Å²) < 4.78 is 0. The molecule has 0 amide bonds. The van der Waals surface area contributed by atoms with Gasteiger partial charge in [0.1, 0.15) is 0 Å². The fraction of sp³-hybridized carbons (Fsp3) is 0.429. The van der Waals surface area contributed by atoms with Crippen LogP contribution in [-0.4, -0.2) is 6.54 Å². The molecule has 1 aliphatic carbocycles. The molecule has 1 N–H and O–H groups in total. The lowest BCUT2D eigenvalue weighted by atomic mass is 10.2. The van der Waals surface area contributed by atoms with E-state index in [1.807, 2.05) is 0 Å². The summed E-state index contributed by atoms with van der Waals surface area (Å²) in [7, 11) is 0. The van der Waals surface area contributed by atoms with Crippen LogP contribution in [0.3, 0.4) is 0 Å². The zero-order valence-corrected chi connectivity index (χ0v) is 4.78. The zero-order valence-electron chi connectivity index (χ0n) is 4.78. The maximum atomic E-state index is 3.31. The molecule has 0 aromatic rings. The molecule has 2 rings (SSSR count). The van der Waals surface area contributed by atoms with Crippen LogP contribution in [0.2, 0.25) is 0 Å². The van der Waals surface area contributed by atoms with Gasteiger partial charge in [-0.05, 0) is 24.5 Å². The molecular formula is C7H9N. The Bertz CT molecular complexity index is 165. The monoisotopic (exact) mass is 107 g/mol. The molecule has 0 radical (unpaired) electrons. The molecule has 0 saturated heterocycles. The van der Waals surface area contributed by atoms with Crippen molar-refractivity contribution in [2.75, 3.05) is 6.54 Å². The van der Waals surface area contributed by atoms with E-state index in [1.165, 1.54) is 18.5 Å². The SMILES string of the molecule is C1=CC2=C(C1)CCN2. The van der Waals surface area contributed by atoms with Crippen LogP contribution >= 0.6 is 0 Å². The second kappa shape index (κ2) is 1.38. The average Bonchev–Trinajstić information content (AvgIpc) is 2.15. The Labute approximate surface area is 49.1 Å². The Morgan fingerprint density at radius 2 is 2.50 bits per heavy atom. The Balaban J connectivity index is 2.33. The maximum Gasteiger partial charge on any atom is 0.0332 e. The fourth-order valence-electron chi connectivity index (χ4n) is 1.32. The zero-order chi connectivity index (χ0) is 5.40. The highest BCUT2D eigenvalue weighted by Gasteiger charge is 2.13. The van der Waals surface area contributed by atoms with Crippen molar-refractivity contribution in [2.45, 2.75) is 12.8 Å². The molecule has 42 valence electrons. The standard InChI is InChI=1S/C7H9N/c1-2-6-4-5-8-7(6)3-1/h1,3,8H,2,4-5H2. The topological polar surface area (TPSA) is 12.0 Å². The summed E-state index contributed by atoms with van der Waals surface area (Å²) in [6.07, 6.45) is 6.86. The highest BCUT2D eigenvalue weighted by molar-refractivity contribution is 5.35. The number of hydrogen-bond donors (Lipinski definition) is 1. The summed E-state index contributed by atoms with van der Waals surface area (Å²) in [6, 6.07) is 0. The molecule has 0 unspecified atom stereocenters. The maximum absolute atomic E-state index is 3.31. The molecule has 0 atom stereocenters. The van der Waals surface area contributed by atoms with Crippen LogP contribution in [0.25, 0.3) is 0 Å². The van der Waals surface area contributed by atoms with E-state index in [0.717, 1.165) is 6.54 Å². The van der Waals surface area contributed by atoms with Gasteiger partial charge in [-0.25, -0.2) is 0 Å². The van der Waals surface area contributed by atoms with E-state index in [1.54, 1.807) is 5.57 Å². The third kappa shape index (κ3) is 0.414. The normalized spacial score (nSPS) is 24.0. The summed E-state index contributed by atoms with van der Waals surface area (Å²) in [4.78, 5) is 0. The van der Waals surface area contributed by atoms with E-state index in [2.05, 4.69) is 17.5 Å². The van der Waals surface area contributed by atoms with Crippen molar-refractivity contribution in [1.29, 1.82) is 0 Å². The first-order valence-electron chi connectivity index (χ1n) is 3.09. The van der Waals surface area contributed by atoms with Crippen LogP contribution in [0.15, 0.2) is 23.4 Å². The third-order valence-electron chi connectivity index (χ3n) is 1.77. The molecule has 0 bridgehead atoms. The van der Waals surface area contributed by atoms with Gasteiger partial charge < -0.3 is 5.32 Å². The Hall–Kier alpha value is -0.720. The largest absolute Gasteiger partial charge is 0.385 e. The van der Waals surface area contributed by atoms with Crippen LogP contribution in [-0.2, 0) is 0 Å². The van der Waals surface area contributed by atoms with E-state index in [9.17, 15) is 0 Å².